The molecule has 2 saturated heterocycles. The van der Waals surface area contributed by atoms with Gasteiger partial charge in [0.15, 0.2) is 12.4 Å². The van der Waals surface area contributed by atoms with Gasteiger partial charge < -0.3 is 25.2 Å². The first kappa shape index (κ1) is 15.1. The monoisotopic (exact) mass is 277 g/mol. The van der Waals surface area contributed by atoms with Gasteiger partial charge in [-0.05, 0) is 12.8 Å². The lowest BCUT2D eigenvalue weighted by Gasteiger charge is -2.26. The minimum atomic E-state index is -1.30. The number of aliphatic hydroxyl groups excluding tert-OH is 4. The summed E-state index contributed by atoms with van der Waals surface area (Å²) in [7, 11) is 0. The van der Waals surface area contributed by atoms with Gasteiger partial charge in [-0.1, -0.05) is 12.8 Å². The molecular weight excluding hydrogens is 254 g/mol. The topological polar surface area (TPSA) is 103 Å². The first-order valence-electron chi connectivity index (χ1n) is 6.85. The van der Waals surface area contributed by atoms with Gasteiger partial charge in [-0.25, -0.2) is 0 Å². The fraction of sp³-hybridized carbons (Fsp3) is 1.00. The third kappa shape index (κ3) is 3.63. The van der Waals surface area contributed by atoms with Gasteiger partial charge in [-0.15, -0.1) is 0 Å². The first-order chi connectivity index (χ1) is 9.13. The Bertz CT molecular complexity index is 271. The molecule has 2 heterocycles. The highest BCUT2D eigenvalue weighted by atomic mass is 16.7. The zero-order chi connectivity index (χ0) is 13.8. The lowest BCUT2D eigenvalue weighted by molar-refractivity contribution is -0.251. The molecule has 0 bridgehead atoms. The van der Waals surface area contributed by atoms with Crippen LogP contribution in [0.15, 0.2) is 0 Å². The molecule has 7 nitrogen and oxygen atoms in total. The molecule has 0 saturated carbocycles. The Hall–Kier alpha value is -0.280. The Morgan fingerprint density at radius 1 is 1.16 bits per heavy atom. The van der Waals surface area contributed by atoms with E-state index in [-0.39, 0.29) is 0 Å². The van der Waals surface area contributed by atoms with E-state index >= 15 is 0 Å². The van der Waals surface area contributed by atoms with Gasteiger partial charge in [0.05, 0.1) is 6.61 Å². The molecule has 0 radical (unpaired) electrons. The summed E-state index contributed by atoms with van der Waals surface area (Å²) in [6, 6.07) is 0. The van der Waals surface area contributed by atoms with E-state index in [0.717, 1.165) is 38.8 Å². The highest BCUT2D eigenvalue weighted by Gasteiger charge is 2.47. The molecule has 2 aliphatic heterocycles. The van der Waals surface area contributed by atoms with Crippen molar-refractivity contribution in [2.75, 3.05) is 19.7 Å². The average Bonchev–Trinajstić information content (AvgIpc) is 2.63. The van der Waals surface area contributed by atoms with Crippen molar-refractivity contribution < 1.29 is 30.0 Å². The lowest BCUT2D eigenvalue weighted by Crippen LogP contribution is -2.44. The fourth-order valence-corrected chi connectivity index (χ4v) is 2.53. The van der Waals surface area contributed by atoms with E-state index in [1.165, 1.54) is 0 Å². The van der Waals surface area contributed by atoms with Gasteiger partial charge in [0, 0.05) is 13.1 Å². The molecule has 0 aromatic heterocycles. The second-order valence-electron chi connectivity index (χ2n) is 5.15. The molecule has 0 amide bonds. The zero-order valence-corrected chi connectivity index (χ0v) is 10.9. The molecule has 0 unspecified atom stereocenters. The molecule has 2 rings (SSSR count). The van der Waals surface area contributed by atoms with Crippen molar-refractivity contribution in [3.63, 3.8) is 0 Å². The maximum absolute atomic E-state index is 10.0. The van der Waals surface area contributed by atoms with E-state index in [4.69, 9.17) is 14.7 Å². The van der Waals surface area contributed by atoms with Crippen molar-refractivity contribution in [2.24, 2.45) is 0 Å². The zero-order valence-electron chi connectivity index (χ0n) is 10.9. The summed E-state index contributed by atoms with van der Waals surface area (Å²) >= 11 is 0. The predicted molar refractivity (Wildman–Crippen MR) is 64.9 cm³/mol. The summed E-state index contributed by atoms with van der Waals surface area (Å²) < 4.78 is 5.06. The van der Waals surface area contributed by atoms with E-state index in [1.807, 2.05) is 0 Å². The van der Waals surface area contributed by atoms with Gasteiger partial charge >= 0.3 is 0 Å². The SMILES string of the molecule is OC[C@@H](O)[C@H]1O[C@H](O)[C@H](ON2CCCCCC2)[C@H]1O. The third-order valence-corrected chi connectivity index (χ3v) is 3.65. The molecule has 2 aliphatic rings. The summed E-state index contributed by atoms with van der Waals surface area (Å²) in [6.07, 6.45) is -1.32. The van der Waals surface area contributed by atoms with Crippen molar-refractivity contribution in [2.45, 2.75) is 56.4 Å². The maximum Gasteiger partial charge on any atom is 0.186 e. The molecule has 0 aromatic rings. The van der Waals surface area contributed by atoms with Crippen molar-refractivity contribution in [1.82, 2.24) is 5.06 Å². The third-order valence-electron chi connectivity index (χ3n) is 3.65. The highest BCUT2D eigenvalue weighted by molar-refractivity contribution is 4.90. The van der Waals surface area contributed by atoms with Crippen LogP contribution >= 0.6 is 0 Å². The quantitative estimate of drug-likeness (QED) is 0.501. The van der Waals surface area contributed by atoms with Crippen molar-refractivity contribution in [3.8, 4) is 0 Å². The minimum Gasteiger partial charge on any atom is -0.394 e. The highest BCUT2D eigenvalue weighted by Crippen LogP contribution is 2.26. The molecular formula is C12H23NO6. The van der Waals surface area contributed by atoms with Gasteiger partial charge in [-0.3, -0.25) is 4.84 Å². The first-order valence-corrected chi connectivity index (χ1v) is 6.85. The van der Waals surface area contributed by atoms with Crippen LogP contribution in [0.5, 0.6) is 0 Å². The molecule has 2 fully saturated rings. The van der Waals surface area contributed by atoms with Crippen molar-refractivity contribution >= 4 is 0 Å². The Morgan fingerprint density at radius 2 is 1.79 bits per heavy atom. The van der Waals surface area contributed by atoms with E-state index in [0.29, 0.717) is 0 Å². The van der Waals surface area contributed by atoms with E-state index in [9.17, 15) is 15.3 Å². The van der Waals surface area contributed by atoms with Crippen LogP contribution in [0, 0.1) is 0 Å². The second kappa shape index (κ2) is 6.94. The standard InChI is InChI=1S/C12H23NO6/c14-7-8(15)10-9(16)11(12(17)18-10)19-13-5-3-1-2-4-6-13/h8-12,14-17H,1-7H2/t8-,9+,10-,11-,12+/m1/s1. The Morgan fingerprint density at radius 3 is 2.37 bits per heavy atom. The molecule has 0 spiro atoms. The molecule has 112 valence electrons. The van der Waals surface area contributed by atoms with Gasteiger partial charge in [0.25, 0.3) is 0 Å². The summed E-state index contributed by atoms with van der Waals surface area (Å²) in [5.74, 6) is 0. The average molecular weight is 277 g/mol. The number of hydroxylamine groups is 2. The molecule has 4 N–H and O–H groups in total. The van der Waals surface area contributed by atoms with Crippen LogP contribution in [0.25, 0.3) is 0 Å². The smallest absolute Gasteiger partial charge is 0.186 e. The maximum atomic E-state index is 10.0. The summed E-state index contributed by atoms with van der Waals surface area (Å²) in [5, 5.41) is 39.9. The van der Waals surface area contributed by atoms with Gasteiger partial charge in [0.2, 0.25) is 0 Å². The lowest BCUT2D eigenvalue weighted by atomic mass is 10.1. The molecule has 0 aliphatic carbocycles. The van der Waals surface area contributed by atoms with E-state index in [1.54, 1.807) is 5.06 Å². The number of ether oxygens (including phenoxy) is 1. The van der Waals surface area contributed by atoms with Crippen LogP contribution in [-0.2, 0) is 9.57 Å². The normalized spacial score (nSPS) is 39.2. The Labute approximate surface area is 112 Å². The van der Waals surface area contributed by atoms with Gasteiger partial charge in [0.1, 0.15) is 18.3 Å². The number of aliphatic hydroxyl groups is 4. The summed E-state index contributed by atoms with van der Waals surface area (Å²) in [5.41, 5.74) is 0. The van der Waals surface area contributed by atoms with Crippen LogP contribution in [0.2, 0.25) is 0 Å². The second-order valence-corrected chi connectivity index (χ2v) is 5.15. The fourth-order valence-electron chi connectivity index (χ4n) is 2.53. The molecule has 5 atom stereocenters. The van der Waals surface area contributed by atoms with Crippen LogP contribution < -0.4 is 0 Å². The number of hydrogen-bond acceptors (Lipinski definition) is 7. The minimum absolute atomic E-state index is 0.537. The Balaban J connectivity index is 1.91. The molecule has 7 heteroatoms. The summed E-state index contributed by atoms with van der Waals surface area (Å²) in [6.45, 7) is 0.969. The van der Waals surface area contributed by atoms with Crippen LogP contribution in [0.4, 0.5) is 0 Å². The van der Waals surface area contributed by atoms with Crippen LogP contribution in [0.1, 0.15) is 25.7 Å². The van der Waals surface area contributed by atoms with Crippen molar-refractivity contribution in [1.29, 1.82) is 0 Å². The summed E-state index contributed by atoms with van der Waals surface area (Å²) in [4.78, 5) is 5.60. The van der Waals surface area contributed by atoms with E-state index in [2.05, 4.69) is 0 Å². The van der Waals surface area contributed by atoms with Gasteiger partial charge in [-0.2, -0.15) is 5.06 Å². The number of nitrogens with zero attached hydrogens (tertiary/aromatic N) is 1. The molecule has 0 aromatic carbocycles. The Kier molecular flexibility index (Phi) is 5.52. The van der Waals surface area contributed by atoms with Crippen LogP contribution in [-0.4, -0.2) is 75.9 Å². The largest absolute Gasteiger partial charge is 0.394 e. The predicted octanol–water partition coefficient (Wildman–Crippen LogP) is -1.41. The molecule has 19 heavy (non-hydrogen) atoms. The van der Waals surface area contributed by atoms with E-state index < -0.39 is 37.3 Å². The number of hydrogen-bond donors (Lipinski definition) is 4. The van der Waals surface area contributed by atoms with Crippen LogP contribution in [0.3, 0.4) is 0 Å². The number of rotatable bonds is 4. The van der Waals surface area contributed by atoms with Crippen molar-refractivity contribution in [3.05, 3.63) is 0 Å².